The van der Waals surface area contributed by atoms with E-state index >= 15 is 0 Å². The van der Waals surface area contributed by atoms with Gasteiger partial charge < -0.3 is 5.32 Å². The molecule has 0 radical (unpaired) electrons. The van der Waals surface area contributed by atoms with E-state index in [1.54, 1.807) is 0 Å². The van der Waals surface area contributed by atoms with Crippen molar-refractivity contribution in [2.45, 2.75) is 6.54 Å². The minimum Gasteiger partial charge on any atom is -0.381 e. The molecule has 0 heterocycles. The predicted octanol–water partition coefficient (Wildman–Crippen LogP) is 3.97. The number of nitrogens with one attached hydrogen (secondary N) is 1. The molecule has 4 nitrogen and oxygen atoms in total. The number of anilines is 1. The zero-order chi connectivity index (χ0) is 13.0. The van der Waals surface area contributed by atoms with E-state index in [-0.39, 0.29) is 5.69 Å². The zero-order valence-electron chi connectivity index (χ0n) is 9.47. The number of non-ortho nitro benzene ring substituents is 1. The molecule has 5 heteroatoms. The fourth-order valence-corrected chi connectivity index (χ4v) is 2.06. The Morgan fingerprint density at radius 2 is 1.89 bits per heavy atom. The van der Waals surface area contributed by atoms with Crippen LogP contribution in [0.25, 0.3) is 0 Å². The van der Waals surface area contributed by atoms with E-state index in [1.165, 1.54) is 12.1 Å². The summed E-state index contributed by atoms with van der Waals surface area (Å²) < 4.78 is 0.687. The highest BCUT2D eigenvalue weighted by molar-refractivity contribution is 9.10. The number of benzene rings is 2. The lowest BCUT2D eigenvalue weighted by Crippen LogP contribution is -2.00. The van der Waals surface area contributed by atoms with Crippen LogP contribution in [0.2, 0.25) is 0 Å². The van der Waals surface area contributed by atoms with E-state index in [1.807, 2.05) is 36.4 Å². The number of nitro groups is 1. The highest BCUT2D eigenvalue weighted by atomic mass is 79.9. The molecule has 0 spiro atoms. The summed E-state index contributed by atoms with van der Waals surface area (Å²) in [7, 11) is 0. The van der Waals surface area contributed by atoms with Crippen molar-refractivity contribution in [2.24, 2.45) is 0 Å². The second kappa shape index (κ2) is 5.64. The van der Waals surface area contributed by atoms with Crippen LogP contribution in [0.15, 0.2) is 53.0 Å². The molecule has 0 aliphatic rings. The molecule has 0 aliphatic carbocycles. The van der Waals surface area contributed by atoms with Crippen LogP contribution in [-0.4, -0.2) is 4.92 Å². The van der Waals surface area contributed by atoms with Crippen LogP contribution in [0.5, 0.6) is 0 Å². The van der Waals surface area contributed by atoms with Gasteiger partial charge in [-0.05, 0) is 11.6 Å². The summed E-state index contributed by atoms with van der Waals surface area (Å²) in [5.41, 5.74) is 1.92. The topological polar surface area (TPSA) is 55.2 Å². The Kier molecular flexibility index (Phi) is 3.94. The predicted molar refractivity (Wildman–Crippen MR) is 74.6 cm³/mol. The normalized spacial score (nSPS) is 10.1. The van der Waals surface area contributed by atoms with Crippen LogP contribution < -0.4 is 5.32 Å². The average molecular weight is 307 g/mol. The maximum absolute atomic E-state index is 10.7. The molecular formula is C13H11BrN2O2. The summed E-state index contributed by atoms with van der Waals surface area (Å²) in [6.45, 7) is 0.633. The molecule has 0 atom stereocenters. The first-order valence-electron chi connectivity index (χ1n) is 5.38. The van der Waals surface area contributed by atoms with E-state index in [0.717, 1.165) is 11.3 Å². The standard InChI is InChI=1S/C13H11BrN2O2/c14-11-6-12(8-13(7-11)16(17)18)15-9-10-4-2-1-3-5-10/h1-8,15H,9H2. The minimum atomic E-state index is -0.404. The third-order valence-corrected chi connectivity index (χ3v) is 2.89. The Hall–Kier alpha value is -1.88. The Bertz CT molecular complexity index is 558. The number of rotatable bonds is 4. The third kappa shape index (κ3) is 3.30. The first-order valence-corrected chi connectivity index (χ1v) is 6.17. The lowest BCUT2D eigenvalue weighted by Gasteiger charge is -2.07. The zero-order valence-corrected chi connectivity index (χ0v) is 11.1. The van der Waals surface area contributed by atoms with Crippen LogP contribution in [0.4, 0.5) is 11.4 Å². The Balaban J connectivity index is 2.12. The fourth-order valence-electron chi connectivity index (χ4n) is 1.58. The maximum atomic E-state index is 10.7. The molecule has 0 aliphatic heterocycles. The van der Waals surface area contributed by atoms with E-state index in [2.05, 4.69) is 21.2 Å². The lowest BCUT2D eigenvalue weighted by atomic mass is 10.2. The van der Waals surface area contributed by atoms with Crippen molar-refractivity contribution in [1.82, 2.24) is 0 Å². The van der Waals surface area contributed by atoms with Gasteiger partial charge in [0.15, 0.2) is 0 Å². The Labute approximate surface area is 113 Å². The lowest BCUT2D eigenvalue weighted by molar-refractivity contribution is -0.384. The average Bonchev–Trinajstić information content (AvgIpc) is 2.37. The van der Waals surface area contributed by atoms with Gasteiger partial charge in [-0.15, -0.1) is 0 Å². The molecule has 2 aromatic rings. The van der Waals surface area contributed by atoms with Crippen LogP contribution in [-0.2, 0) is 6.54 Å². The molecule has 2 aromatic carbocycles. The Morgan fingerprint density at radius 3 is 2.56 bits per heavy atom. The number of nitrogens with zero attached hydrogens (tertiary/aromatic N) is 1. The van der Waals surface area contributed by atoms with Crippen molar-refractivity contribution in [3.8, 4) is 0 Å². The maximum Gasteiger partial charge on any atom is 0.272 e. The van der Waals surface area contributed by atoms with Gasteiger partial charge in [0.2, 0.25) is 0 Å². The summed E-state index contributed by atoms with van der Waals surface area (Å²) in [6.07, 6.45) is 0. The highest BCUT2D eigenvalue weighted by Gasteiger charge is 2.08. The van der Waals surface area contributed by atoms with Gasteiger partial charge in [0.05, 0.1) is 4.92 Å². The Morgan fingerprint density at radius 1 is 1.17 bits per heavy atom. The fraction of sp³-hybridized carbons (Fsp3) is 0.0769. The van der Waals surface area contributed by atoms with Crippen LogP contribution >= 0.6 is 15.9 Å². The molecule has 0 amide bonds. The summed E-state index contributed by atoms with van der Waals surface area (Å²) in [4.78, 5) is 10.3. The molecule has 2 rings (SSSR count). The highest BCUT2D eigenvalue weighted by Crippen LogP contribution is 2.24. The van der Waals surface area contributed by atoms with Crippen molar-refractivity contribution in [3.63, 3.8) is 0 Å². The second-order valence-corrected chi connectivity index (χ2v) is 4.71. The summed E-state index contributed by atoms with van der Waals surface area (Å²) in [5, 5.41) is 13.9. The molecule has 0 bridgehead atoms. The molecule has 1 N–H and O–H groups in total. The first-order chi connectivity index (χ1) is 8.65. The molecule has 0 saturated heterocycles. The molecule has 18 heavy (non-hydrogen) atoms. The number of hydrogen-bond acceptors (Lipinski definition) is 3. The van der Waals surface area contributed by atoms with E-state index in [4.69, 9.17) is 0 Å². The van der Waals surface area contributed by atoms with Gasteiger partial charge in [0.1, 0.15) is 0 Å². The van der Waals surface area contributed by atoms with Gasteiger partial charge in [-0.1, -0.05) is 46.3 Å². The van der Waals surface area contributed by atoms with Gasteiger partial charge in [-0.25, -0.2) is 0 Å². The number of hydrogen-bond donors (Lipinski definition) is 1. The second-order valence-electron chi connectivity index (χ2n) is 3.79. The van der Waals surface area contributed by atoms with Crippen molar-refractivity contribution in [3.05, 3.63) is 68.7 Å². The molecule has 0 unspecified atom stereocenters. The van der Waals surface area contributed by atoms with Crippen molar-refractivity contribution in [2.75, 3.05) is 5.32 Å². The summed E-state index contributed by atoms with van der Waals surface area (Å²) >= 11 is 3.26. The van der Waals surface area contributed by atoms with Crippen LogP contribution in [0, 0.1) is 10.1 Å². The van der Waals surface area contributed by atoms with E-state index in [9.17, 15) is 10.1 Å². The van der Waals surface area contributed by atoms with Crippen LogP contribution in [0.3, 0.4) is 0 Å². The molecule has 0 aromatic heterocycles. The summed E-state index contributed by atoms with van der Waals surface area (Å²) in [6, 6.07) is 14.7. The largest absolute Gasteiger partial charge is 0.381 e. The van der Waals surface area contributed by atoms with Gasteiger partial charge in [-0.3, -0.25) is 10.1 Å². The minimum absolute atomic E-state index is 0.0694. The van der Waals surface area contributed by atoms with Gasteiger partial charge in [-0.2, -0.15) is 0 Å². The first kappa shape index (κ1) is 12.6. The molecule has 0 saturated carbocycles. The summed E-state index contributed by atoms with van der Waals surface area (Å²) in [5.74, 6) is 0. The molecule has 92 valence electrons. The number of halogens is 1. The van der Waals surface area contributed by atoms with E-state index in [0.29, 0.717) is 11.0 Å². The molecule has 0 fully saturated rings. The van der Waals surface area contributed by atoms with Crippen LogP contribution in [0.1, 0.15) is 5.56 Å². The smallest absolute Gasteiger partial charge is 0.272 e. The van der Waals surface area contributed by atoms with Gasteiger partial charge >= 0.3 is 0 Å². The van der Waals surface area contributed by atoms with E-state index < -0.39 is 4.92 Å². The quantitative estimate of drug-likeness (QED) is 0.687. The van der Waals surface area contributed by atoms with Crippen molar-refractivity contribution >= 4 is 27.3 Å². The third-order valence-electron chi connectivity index (χ3n) is 2.43. The number of nitro benzene ring substituents is 1. The van der Waals surface area contributed by atoms with Crippen molar-refractivity contribution in [1.29, 1.82) is 0 Å². The van der Waals surface area contributed by atoms with Gasteiger partial charge in [0, 0.05) is 28.8 Å². The van der Waals surface area contributed by atoms with Crippen molar-refractivity contribution < 1.29 is 4.92 Å². The molecular weight excluding hydrogens is 296 g/mol. The SMILES string of the molecule is O=[N+]([O-])c1cc(Br)cc(NCc2ccccc2)c1. The van der Waals surface area contributed by atoms with Gasteiger partial charge in [0.25, 0.3) is 5.69 Å². The monoisotopic (exact) mass is 306 g/mol.